The van der Waals surface area contributed by atoms with Crippen LogP contribution in [0.4, 0.5) is 0 Å². The molecule has 0 spiro atoms. The van der Waals surface area contributed by atoms with Crippen LogP contribution < -0.4 is 0 Å². The molecule has 1 aliphatic rings. The Bertz CT molecular complexity index is 946. The van der Waals surface area contributed by atoms with Gasteiger partial charge in [-0.25, -0.2) is 12.7 Å². The van der Waals surface area contributed by atoms with Gasteiger partial charge in [-0.1, -0.05) is 17.7 Å². The predicted octanol–water partition coefficient (Wildman–Crippen LogP) is 3.13. The summed E-state index contributed by atoms with van der Waals surface area (Å²) < 4.78 is 26.1. The van der Waals surface area contributed by atoms with Gasteiger partial charge in [0.1, 0.15) is 0 Å². The van der Waals surface area contributed by atoms with E-state index in [0.717, 1.165) is 27.9 Å². The maximum Gasteiger partial charge on any atom is 0.256 e. The van der Waals surface area contributed by atoms with E-state index < -0.39 is 10.0 Å². The van der Waals surface area contributed by atoms with E-state index in [9.17, 15) is 13.2 Å². The number of benzene rings is 1. The fourth-order valence-electron chi connectivity index (χ4n) is 3.00. The number of carbonyl (C=O) groups excluding carboxylic acids is 1. The lowest BCUT2D eigenvalue weighted by Crippen LogP contribution is -2.40. The number of sulfonamides is 1. The molecule has 0 saturated carbocycles. The van der Waals surface area contributed by atoms with Crippen molar-refractivity contribution in [1.29, 1.82) is 0 Å². The third kappa shape index (κ3) is 4.51. The van der Waals surface area contributed by atoms with Crippen LogP contribution in [0.15, 0.2) is 47.5 Å². The molecule has 1 aliphatic heterocycles. The van der Waals surface area contributed by atoms with Crippen LogP contribution in [0.3, 0.4) is 0 Å². The monoisotopic (exact) mass is 439 g/mol. The second kappa shape index (κ2) is 8.82. The van der Waals surface area contributed by atoms with Gasteiger partial charge >= 0.3 is 0 Å². The molecule has 3 rings (SSSR count). The second-order valence-electron chi connectivity index (χ2n) is 6.70. The Labute approximate surface area is 174 Å². The minimum absolute atomic E-state index is 0.0452. The lowest BCUT2D eigenvalue weighted by molar-refractivity contribution is 0.0678. The number of pyridine rings is 1. The molecule has 0 aliphatic carbocycles. The van der Waals surface area contributed by atoms with Crippen LogP contribution in [0.5, 0.6) is 0 Å². The molecule has 0 N–H and O–H groups in total. The predicted molar refractivity (Wildman–Crippen MR) is 112 cm³/mol. The molecule has 9 heteroatoms. The zero-order valence-corrected chi connectivity index (χ0v) is 18.1. The third-order valence-corrected chi connectivity index (χ3v) is 7.90. The minimum Gasteiger partial charge on any atom is -0.329 e. The summed E-state index contributed by atoms with van der Waals surface area (Å²) in [7, 11) is -0.760. The van der Waals surface area contributed by atoms with E-state index in [1.165, 1.54) is 32.3 Å². The third-order valence-electron chi connectivity index (χ3n) is 4.61. The Hall–Kier alpha value is -1.61. The van der Waals surface area contributed by atoms with Crippen molar-refractivity contribution >= 4 is 39.3 Å². The first-order chi connectivity index (χ1) is 13.3. The van der Waals surface area contributed by atoms with Crippen LogP contribution >= 0.6 is 23.4 Å². The first kappa shape index (κ1) is 21.1. The molecule has 2 aromatic rings. The number of amides is 1. The van der Waals surface area contributed by atoms with Gasteiger partial charge < -0.3 is 4.90 Å². The van der Waals surface area contributed by atoms with E-state index in [4.69, 9.17) is 11.6 Å². The van der Waals surface area contributed by atoms with Crippen molar-refractivity contribution in [2.45, 2.75) is 23.9 Å². The van der Waals surface area contributed by atoms with E-state index in [1.54, 1.807) is 22.9 Å². The van der Waals surface area contributed by atoms with Gasteiger partial charge in [0.15, 0.2) is 0 Å². The van der Waals surface area contributed by atoms with Crippen LogP contribution in [-0.4, -0.2) is 60.2 Å². The van der Waals surface area contributed by atoms with E-state index in [-0.39, 0.29) is 27.4 Å². The number of carbonyl (C=O) groups is 1. The Morgan fingerprint density at radius 3 is 2.68 bits per heavy atom. The average molecular weight is 440 g/mol. The standard InChI is InChI=1S/C19H22ClN3O3S2/c1-22(2)28(25,26)16-6-7-18(20)17(11-16)19(24)23(15-8-10-27-13-15)12-14-5-3-4-9-21-14/h3-7,9,11,15H,8,10,12-13H2,1-2H3/t15-/m1/s1. The number of rotatable bonds is 6. The molecular weight excluding hydrogens is 418 g/mol. The fourth-order valence-corrected chi connectivity index (χ4v) is 5.35. The van der Waals surface area contributed by atoms with Crippen molar-refractivity contribution in [2.24, 2.45) is 0 Å². The van der Waals surface area contributed by atoms with Crippen LogP contribution in [0.1, 0.15) is 22.5 Å². The van der Waals surface area contributed by atoms with E-state index >= 15 is 0 Å². The van der Waals surface area contributed by atoms with Gasteiger partial charge in [-0.15, -0.1) is 0 Å². The molecule has 0 radical (unpaired) electrons. The van der Waals surface area contributed by atoms with Crippen molar-refractivity contribution in [3.8, 4) is 0 Å². The summed E-state index contributed by atoms with van der Waals surface area (Å²) in [5.74, 6) is 1.55. The lowest BCUT2D eigenvalue weighted by Gasteiger charge is -2.29. The molecule has 1 fully saturated rings. The highest BCUT2D eigenvalue weighted by Crippen LogP contribution is 2.28. The molecule has 1 amide bonds. The summed E-state index contributed by atoms with van der Waals surface area (Å²) in [5.41, 5.74) is 0.971. The molecule has 1 atom stereocenters. The molecule has 2 heterocycles. The van der Waals surface area contributed by atoms with Crippen LogP contribution in [0.25, 0.3) is 0 Å². The normalized spacial score (nSPS) is 17.1. The maximum absolute atomic E-state index is 13.4. The van der Waals surface area contributed by atoms with Crippen LogP contribution in [0.2, 0.25) is 5.02 Å². The average Bonchev–Trinajstić information content (AvgIpc) is 3.21. The van der Waals surface area contributed by atoms with Crippen molar-refractivity contribution in [3.63, 3.8) is 0 Å². The number of nitrogens with zero attached hydrogens (tertiary/aromatic N) is 3. The van der Waals surface area contributed by atoms with Crippen molar-refractivity contribution in [3.05, 3.63) is 58.9 Å². The highest BCUT2D eigenvalue weighted by molar-refractivity contribution is 7.99. The first-order valence-corrected chi connectivity index (χ1v) is 11.8. The molecule has 1 aromatic carbocycles. The Balaban J connectivity index is 1.98. The number of aromatic nitrogens is 1. The number of halogens is 1. The number of thioether (sulfide) groups is 1. The molecule has 1 aromatic heterocycles. The van der Waals surface area contributed by atoms with Gasteiger partial charge in [-0.2, -0.15) is 11.8 Å². The summed E-state index contributed by atoms with van der Waals surface area (Å²) >= 11 is 8.10. The molecule has 1 saturated heterocycles. The zero-order valence-electron chi connectivity index (χ0n) is 15.7. The molecule has 28 heavy (non-hydrogen) atoms. The van der Waals surface area contributed by atoms with Crippen molar-refractivity contribution < 1.29 is 13.2 Å². The second-order valence-corrected chi connectivity index (χ2v) is 10.4. The van der Waals surface area contributed by atoms with E-state index in [1.807, 2.05) is 18.2 Å². The maximum atomic E-state index is 13.4. The topological polar surface area (TPSA) is 70.6 Å². The van der Waals surface area contributed by atoms with Gasteiger partial charge in [0, 0.05) is 32.1 Å². The highest BCUT2D eigenvalue weighted by atomic mass is 35.5. The summed E-state index contributed by atoms with van der Waals surface area (Å²) in [6.45, 7) is 0.353. The summed E-state index contributed by atoms with van der Waals surface area (Å²) in [5, 5.41) is 0.236. The first-order valence-electron chi connectivity index (χ1n) is 8.81. The molecule has 6 nitrogen and oxygen atoms in total. The highest BCUT2D eigenvalue weighted by Gasteiger charge is 2.30. The molecule has 150 valence electrons. The van der Waals surface area contributed by atoms with Gasteiger partial charge in [0.2, 0.25) is 10.0 Å². The Morgan fingerprint density at radius 1 is 1.29 bits per heavy atom. The molecule has 0 bridgehead atoms. The SMILES string of the molecule is CN(C)S(=O)(=O)c1ccc(Cl)c(C(=O)N(Cc2ccccn2)[C@@H]2CCSC2)c1. The van der Waals surface area contributed by atoms with Gasteiger partial charge in [-0.05, 0) is 42.5 Å². The summed E-state index contributed by atoms with van der Waals surface area (Å²) in [4.78, 5) is 19.5. The van der Waals surface area contributed by atoms with Crippen molar-refractivity contribution in [2.75, 3.05) is 25.6 Å². The van der Waals surface area contributed by atoms with E-state index in [0.29, 0.717) is 6.54 Å². The largest absolute Gasteiger partial charge is 0.329 e. The van der Waals surface area contributed by atoms with Crippen molar-refractivity contribution in [1.82, 2.24) is 14.2 Å². The summed E-state index contributed by atoms with van der Waals surface area (Å²) in [6, 6.07) is 9.89. The summed E-state index contributed by atoms with van der Waals surface area (Å²) in [6.07, 6.45) is 2.58. The minimum atomic E-state index is -3.67. The fraction of sp³-hybridized carbons (Fsp3) is 0.368. The molecule has 0 unspecified atom stereocenters. The van der Waals surface area contributed by atoms with E-state index in [2.05, 4.69) is 4.98 Å². The Kier molecular flexibility index (Phi) is 6.65. The smallest absolute Gasteiger partial charge is 0.256 e. The Morgan fingerprint density at radius 2 is 2.07 bits per heavy atom. The lowest BCUT2D eigenvalue weighted by atomic mass is 10.1. The van der Waals surface area contributed by atoms with Crippen LogP contribution in [0, 0.1) is 0 Å². The quantitative estimate of drug-likeness (QED) is 0.691. The number of hydrogen-bond acceptors (Lipinski definition) is 5. The van der Waals surface area contributed by atoms with Gasteiger partial charge in [0.05, 0.1) is 27.7 Å². The zero-order chi connectivity index (χ0) is 20.3. The van der Waals surface area contributed by atoms with Gasteiger partial charge in [0.25, 0.3) is 5.91 Å². The number of hydrogen-bond donors (Lipinski definition) is 0. The van der Waals surface area contributed by atoms with Crippen LogP contribution in [-0.2, 0) is 16.6 Å². The molecular formula is C19H22ClN3O3S2. The van der Waals surface area contributed by atoms with Gasteiger partial charge in [-0.3, -0.25) is 9.78 Å².